The van der Waals surface area contributed by atoms with E-state index in [1.54, 1.807) is 6.20 Å². The molecule has 2 heterocycles. The molecular weight excluding hydrogens is 204 g/mol. The summed E-state index contributed by atoms with van der Waals surface area (Å²) >= 11 is 0.837. The topological polar surface area (TPSA) is 71.3 Å². The van der Waals surface area contributed by atoms with Gasteiger partial charge in [0.05, 0.1) is 11.1 Å². The highest BCUT2D eigenvalue weighted by atomic mass is 32.2. The van der Waals surface area contributed by atoms with Gasteiger partial charge in [0.1, 0.15) is 5.75 Å². The van der Waals surface area contributed by atoms with Crippen molar-refractivity contribution >= 4 is 29.1 Å². The first kappa shape index (κ1) is 8.89. The van der Waals surface area contributed by atoms with Crippen LogP contribution in [-0.2, 0) is 4.79 Å². The summed E-state index contributed by atoms with van der Waals surface area (Å²) in [7, 11) is 0. The minimum atomic E-state index is -0.409. The maximum absolute atomic E-state index is 11.1. The molecule has 2 N–H and O–H groups in total. The number of amides is 2. The molecule has 0 bridgehead atoms. The molecule has 0 atom stereocenters. The van der Waals surface area contributed by atoms with E-state index in [1.807, 2.05) is 0 Å². The van der Waals surface area contributed by atoms with Gasteiger partial charge in [-0.3, -0.25) is 14.9 Å². The van der Waals surface area contributed by atoms with E-state index in [1.165, 1.54) is 23.0 Å². The van der Waals surface area contributed by atoms with Crippen LogP contribution in [0.1, 0.15) is 0 Å². The number of nitrogens with one attached hydrogen (secondary N) is 1. The number of imide groups is 1. The lowest BCUT2D eigenvalue weighted by Crippen LogP contribution is -2.17. The first-order chi connectivity index (χ1) is 6.65. The van der Waals surface area contributed by atoms with E-state index in [2.05, 4.69) is 5.32 Å². The lowest BCUT2D eigenvalue weighted by Gasteiger charge is -1.92. The number of hydrogen-bond donors (Lipinski definition) is 2. The molecule has 1 aliphatic heterocycles. The van der Waals surface area contributed by atoms with Crippen molar-refractivity contribution in [2.24, 2.45) is 0 Å². The van der Waals surface area contributed by atoms with Crippen molar-refractivity contribution in [3.05, 3.63) is 23.4 Å². The molecule has 1 saturated heterocycles. The Balaban J connectivity index is 2.27. The number of rotatable bonds is 1. The zero-order valence-electron chi connectivity index (χ0n) is 6.93. The Kier molecular flexibility index (Phi) is 2.05. The number of hydrogen-bond acceptors (Lipinski definition) is 4. The van der Waals surface area contributed by atoms with Crippen LogP contribution in [0.3, 0.4) is 0 Å². The molecule has 1 aromatic rings. The second-order valence-corrected chi connectivity index (χ2v) is 3.67. The lowest BCUT2D eigenvalue weighted by atomic mass is 10.5. The van der Waals surface area contributed by atoms with Crippen molar-refractivity contribution in [3.63, 3.8) is 0 Å². The van der Waals surface area contributed by atoms with Crippen LogP contribution in [0.15, 0.2) is 23.4 Å². The van der Waals surface area contributed by atoms with Gasteiger partial charge in [-0.1, -0.05) is 0 Å². The van der Waals surface area contributed by atoms with Gasteiger partial charge in [-0.15, -0.1) is 0 Å². The summed E-state index contributed by atoms with van der Waals surface area (Å²) in [5.74, 6) is -0.301. The normalized spacial score (nSPS) is 19.0. The van der Waals surface area contributed by atoms with E-state index < -0.39 is 5.91 Å². The first-order valence-electron chi connectivity index (χ1n) is 3.76. The van der Waals surface area contributed by atoms with Crippen LogP contribution < -0.4 is 5.32 Å². The average molecular weight is 210 g/mol. The lowest BCUT2D eigenvalue weighted by molar-refractivity contribution is -0.115. The molecule has 0 aliphatic carbocycles. The highest BCUT2D eigenvalue weighted by Crippen LogP contribution is 2.24. The predicted molar refractivity (Wildman–Crippen MR) is 51.5 cm³/mol. The highest BCUT2D eigenvalue weighted by molar-refractivity contribution is 8.18. The molecule has 0 spiro atoms. The third-order valence-corrected chi connectivity index (χ3v) is 2.41. The van der Waals surface area contributed by atoms with Crippen LogP contribution >= 0.6 is 11.8 Å². The van der Waals surface area contributed by atoms with Gasteiger partial charge in [0, 0.05) is 12.4 Å². The minimum Gasteiger partial charge on any atom is -0.506 e. The van der Waals surface area contributed by atoms with Gasteiger partial charge >= 0.3 is 0 Å². The molecule has 0 saturated carbocycles. The third-order valence-electron chi connectivity index (χ3n) is 1.61. The maximum Gasteiger partial charge on any atom is 0.290 e. The Morgan fingerprint density at radius 1 is 1.50 bits per heavy atom. The molecule has 1 aliphatic rings. The van der Waals surface area contributed by atoms with Crippen LogP contribution in [0, 0.1) is 0 Å². The van der Waals surface area contributed by atoms with Gasteiger partial charge in [-0.2, -0.15) is 0 Å². The quantitative estimate of drug-likeness (QED) is 0.678. The SMILES string of the molecule is O=C1NC(=O)/C(=C/n2ccc(O)c2)S1. The van der Waals surface area contributed by atoms with Crippen LogP contribution in [-0.4, -0.2) is 20.8 Å². The number of aromatic nitrogens is 1. The first-order valence-corrected chi connectivity index (χ1v) is 4.58. The molecule has 1 fully saturated rings. The predicted octanol–water partition coefficient (Wildman–Crippen LogP) is 0.975. The summed E-state index contributed by atoms with van der Waals surface area (Å²) in [4.78, 5) is 22.2. The number of nitrogens with zero attached hydrogens (tertiary/aromatic N) is 1. The molecule has 2 amide bonds. The summed E-state index contributed by atoms with van der Waals surface area (Å²) in [6.07, 6.45) is 4.49. The zero-order chi connectivity index (χ0) is 10.1. The summed E-state index contributed by atoms with van der Waals surface area (Å²) in [6, 6.07) is 1.48. The molecule has 0 unspecified atom stereocenters. The smallest absolute Gasteiger partial charge is 0.290 e. The van der Waals surface area contributed by atoms with E-state index in [0.29, 0.717) is 4.91 Å². The zero-order valence-corrected chi connectivity index (χ0v) is 7.75. The molecule has 6 heteroatoms. The number of aromatic hydroxyl groups is 1. The van der Waals surface area contributed by atoms with Crippen LogP contribution in [0.5, 0.6) is 5.75 Å². The average Bonchev–Trinajstić information content (AvgIpc) is 2.61. The second kappa shape index (κ2) is 3.22. The van der Waals surface area contributed by atoms with E-state index in [-0.39, 0.29) is 11.0 Å². The van der Waals surface area contributed by atoms with Crippen molar-refractivity contribution in [3.8, 4) is 5.75 Å². The number of carbonyl (C=O) groups excluding carboxylic acids is 2. The second-order valence-electron chi connectivity index (χ2n) is 2.65. The maximum atomic E-state index is 11.1. The summed E-state index contributed by atoms with van der Waals surface area (Å²) in [5.41, 5.74) is 0. The molecule has 5 nitrogen and oxygen atoms in total. The molecule has 0 aromatic carbocycles. The van der Waals surface area contributed by atoms with Gasteiger partial charge in [0.15, 0.2) is 0 Å². The molecule has 14 heavy (non-hydrogen) atoms. The van der Waals surface area contributed by atoms with Gasteiger partial charge in [0.25, 0.3) is 11.1 Å². The van der Waals surface area contributed by atoms with Crippen molar-refractivity contribution in [2.75, 3.05) is 0 Å². The molecular formula is C8H6N2O3S. The number of carbonyl (C=O) groups is 2. The highest BCUT2D eigenvalue weighted by Gasteiger charge is 2.25. The minimum absolute atomic E-state index is 0.108. The van der Waals surface area contributed by atoms with Gasteiger partial charge < -0.3 is 9.67 Å². The molecule has 1 aromatic heterocycles. The molecule has 72 valence electrons. The fraction of sp³-hybridized carbons (Fsp3) is 0. The standard InChI is InChI=1S/C8H6N2O3S/c11-5-1-2-10(3-5)4-6-7(12)9-8(13)14-6/h1-4,11H,(H,9,12,13)/b6-4-. The van der Waals surface area contributed by atoms with Crippen LogP contribution in [0.4, 0.5) is 4.79 Å². The fourth-order valence-corrected chi connectivity index (χ4v) is 1.69. The van der Waals surface area contributed by atoms with E-state index >= 15 is 0 Å². The summed E-state index contributed by atoms with van der Waals surface area (Å²) < 4.78 is 1.51. The van der Waals surface area contributed by atoms with Gasteiger partial charge in [-0.05, 0) is 17.8 Å². The largest absolute Gasteiger partial charge is 0.506 e. The molecule has 2 rings (SSSR count). The third kappa shape index (κ3) is 1.64. The van der Waals surface area contributed by atoms with Gasteiger partial charge in [-0.25, -0.2) is 0 Å². The Bertz CT molecular complexity index is 436. The van der Waals surface area contributed by atoms with Crippen molar-refractivity contribution < 1.29 is 14.7 Å². The summed E-state index contributed by atoms with van der Waals surface area (Å²) in [5, 5.41) is 10.8. The Hall–Kier alpha value is -1.69. The van der Waals surface area contributed by atoms with Crippen molar-refractivity contribution in [1.29, 1.82) is 0 Å². The van der Waals surface area contributed by atoms with Crippen LogP contribution in [0.25, 0.3) is 6.20 Å². The monoisotopic (exact) mass is 210 g/mol. The Labute approximate surface area is 83.4 Å². The fourth-order valence-electron chi connectivity index (χ4n) is 1.03. The summed E-state index contributed by atoms with van der Waals surface area (Å²) in [6.45, 7) is 0. The van der Waals surface area contributed by atoms with E-state index in [4.69, 9.17) is 5.11 Å². The van der Waals surface area contributed by atoms with Crippen molar-refractivity contribution in [1.82, 2.24) is 9.88 Å². The molecule has 0 radical (unpaired) electrons. The number of thioether (sulfide) groups is 1. The van der Waals surface area contributed by atoms with E-state index in [9.17, 15) is 9.59 Å². The van der Waals surface area contributed by atoms with E-state index in [0.717, 1.165) is 11.8 Å². The Morgan fingerprint density at radius 2 is 2.29 bits per heavy atom. The van der Waals surface area contributed by atoms with Gasteiger partial charge in [0.2, 0.25) is 0 Å². The Morgan fingerprint density at radius 3 is 2.79 bits per heavy atom. The van der Waals surface area contributed by atoms with Crippen LogP contribution in [0.2, 0.25) is 0 Å². The van der Waals surface area contributed by atoms with Crippen molar-refractivity contribution in [2.45, 2.75) is 0 Å².